The Labute approximate surface area is 111 Å². The Balaban J connectivity index is 2.13. The van der Waals surface area contributed by atoms with Gasteiger partial charge in [0.05, 0.1) is 0 Å². The van der Waals surface area contributed by atoms with Crippen LogP contribution in [0, 0.1) is 18.3 Å². The molecule has 1 unspecified atom stereocenters. The minimum Gasteiger partial charge on any atom is -0.475 e. The number of carboxylic acid groups (broad SMARTS) is 1. The Hall–Kier alpha value is -1.34. The van der Waals surface area contributed by atoms with Crippen LogP contribution >= 0.6 is 0 Å². The zero-order valence-electron chi connectivity index (χ0n) is 11.1. The lowest BCUT2D eigenvalue weighted by molar-refractivity contribution is 0.0661. The molecule has 2 rings (SSSR count). The second-order valence-corrected chi connectivity index (χ2v) is 7.31. The van der Waals surface area contributed by atoms with Gasteiger partial charge in [-0.2, -0.15) is 0 Å². The Bertz CT molecular complexity index is 614. The molecule has 1 fully saturated rings. The van der Waals surface area contributed by atoms with E-state index < -0.39 is 16.0 Å². The molecule has 0 aliphatic heterocycles. The summed E-state index contributed by atoms with van der Waals surface area (Å²) in [6.45, 7) is 5.96. The molecule has 0 aromatic carbocycles. The average Bonchev–Trinajstić information content (AvgIpc) is 2.69. The normalized spacial score (nSPS) is 21.3. The molecule has 0 saturated heterocycles. The number of carboxylic acids is 1. The third-order valence-electron chi connectivity index (χ3n) is 3.61. The SMILES string of the molecule is Cc1oc(C(=O)O)cc1S(=O)(=O)NCC1CC1(C)C. The lowest BCUT2D eigenvalue weighted by atomic mass is 10.1. The summed E-state index contributed by atoms with van der Waals surface area (Å²) >= 11 is 0. The van der Waals surface area contributed by atoms with E-state index in [9.17, 15) is 13.2 Å². The number of aromatic carboxylic acids is 1. The van der Waals surface area contributed by atoms with E-state index in [-0.39, 0.29) is 21.8 Å². The van der Waals surface area contributed by atoms with Crippen LogP contribution in [0.25, 0.3) is 0 Å². The van der Waals surface area contributed by atoms with Gasteiger partial charge < -0.3 is 9.52 Å². The fourth-order valence-corrected chi connectivity index (χ4v) is 3.31. The van der Waals surface area contributed by atoms with E-state index in [2.05, 4.69) is 18.6 Å². The molecule has 1 saturated carbocycles. The monoisotopic (exact) mass is 287 g/mol. The van der Waals surface area contributed by atoms with E-state index in [0.717, 1.165) is 12.5 Å². The van der Waals surface area contributed by atoms with Crippen molar-refractivity contribution in [2.45, 2.75) is 32.1 Å². The number of furan rings is 1. The molecule has 0 amide bonds. The first kappa shape index (κ1) is 14.1. The van der Waals surface area contributed by atoms with Crippen molar-refractivity contribution in [1.82, 2.24) is 4.72 Å². The molecule has 0 spiro atoms. The van der Waals surface area contributed by atoms with Crippen molar-refractivity contribution < 1.29 is 22.7 Å². The molecule has 0 radical (unpaired) electrons. The zero-order chi connectivity index (χ0) is 14.4. The summed E-state index contributed by atoms with van der Waals surface area (Å²) in [4.78, 5) is 10.6. The number of sulfonamides is 1. The van der Waals surface area contributed by atoms with Crippen molar-refractivity contribution in [1.29, 1.82) is 0 Å². The smallest absolute Gasteiger partial charge is 0.371 e. The molecule has 2 N–H and O–H groups in total. The van der Waals surface area contributed by atoms with Gasteiger partial charge in [-0.25, -0.2) is 17.9 Å². The van der Waals surface area contributed by atoms with E-state index in [4.69, 9.17) is 9.52 Å². The van der Waals surface area contributed by atoms with Gasteiger partial charge in [0.25, 0.3) is 0 Å². The summed E-state index contributed by atoms with van der Waals surface area (Å²) < 4.78 is 31.5. The number of nitrogens with one attached hydrogen (secondary N) is 1. The summed E-state index contributed by atoms with van der Waals surface area (Å²) in [7, 11) is -3.72. The lowest BCUT2D eigenvalue weighted by Crippen LogP contribution is -2.27. The molecule has 19 heavy (non-hydrogen) atoms. The molecule has 1 aromatic heterocycles. The molecule has 106 valence electrons. The van der Waals surface area contributed by atoms with Gasteiger partial charge in [-0.1, -0.05) is 13.8 Å². The minimum atomic E-state index is -3.72. The summed E-state index contributed by atoms with van der Waals surface area (Å²) in [5.41, 5.74) is 0.181. The highest BCUT2D eigenvalue weighted by Crippen LogP contribution is 2.51. The number of hydrogen-bond donors (Lipinski definition) is 2. The Morgan fingerprint density at radius 1 is 1.58 bits per heavy atom. The molecule has 1 heterocycles. The van der Waals surface area contributed by atoms with Crippen LogP contribution in [-0.4, -0.2) is 26.0 Å². The number of carbonyl (C=O) groups is 1. The van der Waals surface area contributed by atoms with Crippen LogP contribution < -0.4 is 4.72 Å². The van der Waals surface area contributed by atoms with Gasteiger partial charge >= 0.3 is 5.97 Å². The molecular weight excluding hydrogens is 270 g/mol. The Morgan fingerprint density at radius 3 is 2.58 bits per heavy atom. The zero-order valence-corrected chi connectivity index (χ0v) is 11.9. The van der Waals surface area contributed by atoms with Crippen LogP contribution in [-0.2, 0) is 10.0 Å². The predicted octanol–water partition coefficient (Wildman–Crippen LogP) is 1.61. The third-order valence-corrected chi connectivity index (χ3v) is 5.14. The van der Waals surface area contributed by atoms with Crippen LogP contribution in [0.5, 0.6) is 0 Å². The van der Waals surface area contributed by atoms with Gasteiger partial charge in [0.15, 0.2) is 0 Å². The summed E-state index contributed by atoms with van der Waals surface area (Å²) in [5.74, 6) is -1.24. The fourth-order valence-electron chi connectivity index (χ4n) is 2.05. The number of aryl methyl sites for hydroxylation is 1. The van der Waals surface area contributed by atoms with Crippen LogP contribution in [0.3, 0.4) is 0 Å². The van der Waals surface area contributed by atoms with E-state index in [1.807, 2.05) is 0 Å². The van der Waals surface area contributed by atoms with Crippen LogP contribution in [0.2, 0.25) is 0 Å². The average molecular weight is 287 g/mol. The van der Waals surface area contributed by atoms with Crippen molar-refractivity contribution in [3.05, 3.63) is 17.6 Å². The maximum absolute atomic E-state index is 12.1. The topological polar surface area (TPSA) is 96.6 Å². The van der Waals surface area contributed by atoms with Crippen LogP contribution in [0.1, 0.15) is 36.6 Å². The quantitative estimate of drug-likeness (QED) is 0.857. The van der Waals surface area contributed by atoms with Crippen LogP contribution in [0.15, 0.2) is 15.4 Å². The largest absolute Gasteiger partial charge is 0.475 e. The molecule has 1 aliphatic rings. The van der Waals surface area contributed by atoms with Crippen LogP contribution in [0.4, 0.5) is 0 Å². The molecule has 6 nitrogen and oxygen atoms in total. The third kappa shape index (κ3) is 2.82. The van der Waals surface area contributed by atoms with Gasteiger partial charge in [0.1, 0.15) is 10.7 Å². The highest BCUT2D eigenvalue weighted by molar-refractivity contribution is 7.89. The molecule has 1 atom stereocenters. The van der Waals surface area contributed by atoms with E-state index in [1.165, 1.54) is 6.92 Å². The maximum Gasteiger partial charge on any atom is 0.371 e. The first-order valence-corrected chi connectivity index (χ1v) is 7.45. The summed E-state index contributed by atoms with van der Waals surface area (Å²) in [6.07, 6.45) is 0.986. The minimum absolute atomic E-state index is 0.0833. The maximum atomic E-state index is 12.1. The molecule has 1 aliphatic carbocycles. The molecule has 1 aromatic rings. The van der Waals surface area contributed by atoms with Crippen molar-refractivity contribution in [3.63, 3.8) is 0 Å². The second kappa shape index (κ2) is 4.35. The van der Waals surface area contributed by atoms with Gasteiger partial charge in [0, 0.05) is 12.6 Å². The Morgan fingerprint density at radius 2 is 2.16 bits per heavy atom. The van der Waals surface area contributed by atoms with Gasteiger partial charge in [-0.15, -0.1) is 0 Å². The summed E-state index contributed by atoms with van der Waals surface area (Å²) in [6, 6.07) is 1.04. The predicted molar refractivity (Wildman–Crippen MR) is 67.5 cm³/mol. The van der Waals surface area contributed by atoms with Gasteiger partial charge in [-0.05, 0) is 24.7 Å². The standard InChI is InChI=1S/C12H17NO5S/c1-7-10(4-9(18-7)11(14)15)19(16,17)13-6-8-5-12(8,2)3/h4,8,13H,5-6H2,1-3H3,(H,14,15). The highest BCUT2D eigenvalue weighted by Gasteiger charge is 2.45. The van der Waals surface area contributed by atoms with E-state index >= 15 is 0 Å². The lowest BCUT2D eigenvalue weighted by Gasteiger charge is -2.06. The first-order valence-electron chi connectivity index (χ1n) is 5.97. The van der Waals surface area contributed by atoms with Gasteiger partial charge in [-0.3, -0.25) is 0 Å². The number of hydrogen-bond acceptors (Lipinski definition) is 4. The van der Waals surface area contributed by atoms with Crippen molar-refractivity contribution in [2.24, 2.45) is 11.3 Å². The van der Waals surface area contributed by atoms with Crippen molar-refractivity contribution >= 4 is 16.0 Å². The molecular formula is C12H17NO5S. The first-order chi connectivity index (χ1) is 8.63. The Kier molecular flexibility index (Phi) is 3.22. The molecule has 7 heteroatoms. The highest BCUT2D eigenvalue weighted by atomic mass is 32.2. The summed E-state index contributed by atoms with van der Waals surface area (Å²) in [5, 5.41) is 8.78. The number of rotatable bonds is 5. The molecule has 0 bridgehead atoms. The van der Waals surface area contributed by atoms with Crippen molar-refractivity contribution in [3.8, 4) is 0 Å². The van der Waals surface area contributed by atoms with E-state index in [1.54, 1.807) is 0 Å². The van der Waals surface area contributed by atoms with Crippen molar-refractivity contribution in [2.75, 3.05) is 6.54 Å². The second-order valence-electron chi connectivity index (χ2n) is 5.58. The van der Waals surface area contributed by atoms with Gasteiger partial charge in [0.2, 0.25) is 15.8 Å². The fraction of sp³-hybridized carbons (Fsp3) is 0.583. The van der Waals surface area contributed by atoms with E-state index in [0.29, 0.717) is 12.5 Å².